The Morgan fingerprint density at radius 1 is 1.50 bits per heavy atom. The zero-order valence-corrected chi connectivity index (χ0v) is 8.85. The van der Waals surface area contributed by atoms with Gasteiger partial charge in [-0.2, -0.15) is 5.10 Å². The number of nitrogens with zero attached hydrogens (tertiary/aromatic N) is 3. The van der Waals surface area contributed by atoms with Gasteiger partial charge in [0.1, 0.15) is 0 Å². The number of aromatic nitrogens is 2. The Balaban J connectivity index is 2.03. The molecule has 0 aromatic carbocycles. The lowest BCUT2D eigenvalue weighted by atomic mass is 9.95. The summed E-state index contributed by atoms with van der Waals surface area (Å²) in [5.74, 6) is 2.62. The molecule has 0 saturated carbocycles. The van der Waals surface area contributed by atoms with E-state index in [0.29, 0.717) is 0 Å². The molecule has 0 aliphatic carbocycles. The molecular weight excluding hydrogens is 174 g/mol. The maximum absolute atomic E-state index is 4.13. The van der Waals surface area contributed by atoms with Crippen LogP contribution in [0.5, 0.6) is 0 Å². The van der Waals surface area contributed by atoms with Crippen LogP contribution in [0.3, 0.4) is 0 Å². The molecule has 0 bridgehead atoms. The van der Waals surface area contributed by atoms with Crippen molar-refractivity contribution in [3.8, 4) is 0 Å². The largest absolute Gasteiger partial charge is 0.355 e. The van der Waals surface area contributed by atoms with Crippen molar-refractivity contribution >= 4 is 5.82 Å². The monoisotopic (exact) mass is 191 g/mol. The van der Waals surface area contributed by atoms with Gasteiger partial charge in [0.25, 0.3) is 0 Å². The average Bonchev–Trinajstić information content (AvgIpc) is 2.68. The van der Waals surface area contributed by atoms with Gasteiger partial charge in [0.2, 0.25) is 0 Å². The fourth-order valence-corrected chi connectivity index (χ4v) is 2.00. The van der Waals surface area contributed by atoms with Crippen LogP contribution >= 0.6 is 0 Å². The number of rotatable bonds is 2. The quantitative estimate of drug-likeness (QED) is 0.715. The van der Waals surface area contributed by atoms with Crippen LogP contribution in [0, 0.1) is 11.8 Å². The van der Waals surface area contributed by atoms with Gasteiger partial charge in [0, 0.05) is 19.3 Å². The number of hydrogen-bond acceptors (Lipinski definition) is 3. The second-order valence-corrected chi connectivity index (χ2v) is 4.32. The number of anilines is 1. The van der Waals surface area contributed by atoms with Gasteiger partial charge in [-0.3, -0.25) is 0 Å². The first-order chi connectivity index (χ1) is 6.77. The van der Waals surface area contributed by atoms with Gasteiger partial charge in [0.05, 0.1) is 0 Å². The predicted octanol–water partition coefficient (Wildman–Crippen LogP) is 1.96. The van der Waals surface area contributed by atoms with Crippen LogP contribution in [0.2, 0.25) is 0 Å². The first kappa shape index (κ1) is 9.44. The van der Waals surface area contributed by atoms with Gasteiger partial charge >= 0.3 is 0 Å². The smallest absolute Gasteiger partial charge is 0.151 e. The summed E-state index contributed by atoms with van der Waals surface area (Å²) in [6.07, 6.45) is 3.01. The van der Waals surface area contributed by atoms with Crippen molar-refractivity contribution in [2.24, 2.45) is 11.8 Å². The maximum Gasteiger partial charge on any atom is 0.151 e. The van der Waals surface area contributed by atoms with Crippen molar-refractivity contribution in [3.05, 3.63) is 18.3 Å². The zero-order valence-electron chi connectivity index (χ0n) is 8.85. The van der Waals surface area contributed by atoms with E-state index in [0.717, 1.165) is 30.7 Å². The van der Waals surface area contributed by atoms with Crippen LogP contribution in [0.4, 0.5) is 5.82 Å². The highest BCUT2D eigenvalue weighted by Crippen LogP contribution is 2.26. The van der Waals surface area contributed by atoms with E-state index >= 15 is 0 Å². The molecule has 1 aliphatic heterocycles. The van der Waals surface area contributed by atoms with E-state index in [9.17, 15) is 0 Å². The van der Waals surface area contributed by atoms with Gasteiger partial charge in [-0.25, -0.2) is 0 Å². The summed E-state index contributed by atoms with van der Waals surface area (Å²) in [6.45, 7) is 6.85. The molecule has 2 heterocycles. The van der Waals surface area contributed by atoms with Crippen LogP contribution in [0.15, 0.2) is 18.3 Å². The van der Waals surface area contributed by atoms with E-state index in [1.54, 1.807) is 6.20 Å². The third-order valence-electron chi connectivity index (χ3n) is 3.05. The second-order valence-electron chi connectivity index (χ2n) is 4.32. The predicted molar refractivity (Wildman–Crippen MR) is 57.2 cm³/mol. The Hall–Kier alpha value is -1.12. The molecule has 14 heavy (non-hydrogen) atoms. The van der Waals surface area contributed by atoms with E-state index in [2.05, 4.69) is 28.9 Å². The molecule has 0 spiro atoms. The van der Waals surface area contributed by atoms with Crippen LogP contribution in [-0.2, 0) is 0 Å². The van der Waals surface area contributed by atoms with Gasteiger partial charge in [-0.15, -0.1) is 5.10 Å². The molecule has 1 aromatic rings. The van der Waals surface area contributed by atoms with Gasteiger partial charge in [-0.1, -0.05) is 13.8 Å². The van der Waals surface area contributed by atoms with E-state index in [1.165, 1.54) is 6.42 Å². The standard InChI is InChI=1S/C11H17N3/c1-9(2)10-5-7-14(8-10)11-4-3-6-12-13-11/h3-4,6,9-10H,5,7-8H2,1-2H3/t10-/m0/s1. The first-order valence-corrected chi connectivity index (χ1v) is 5.30. The minimum Gasteiger partial charge on any atom is -0.355 e. The Morgan fingerprint density at radius 3 is 2.93 bits per heavy atom. The fourth-order valence-electron chi connectivity index (χ4n) is 2.00. The Kier molecular flexibility index (Phi) is 2.66. The molecule has 2 rings (SSSR count). The van der Waals surface area contributed by atoms with E-state index in [4.69, 9.17) is 0 Å². The van der Waals surface area contributed by atoms with Gasteiger partial charge in [-0.05, 0) is 30.4 Å². The topological polar surface area (TPSA) is 29.0 Å². The van der Waals surface area contributed by atoms with Crippen LogP contribution in [0.1, 0.15) is 20.3 Å². The van der Waals surface area contributed by atoms with E-state index in [1.807, 2.05) is 12.1 Å². The van der Waals surface area contributed by atoms with Crippen molar-refractivity contribution in [3.63, 3.8) is 0 Å². The van der Waals surface area contributed by atoms with Crippen molar-refractivity contribution < 1.29 is 0 Å². The van der Waals surface area contributed by atoms with Crippen LogP contribution in [-0.4, -0.2) is 23.3 Å². The summed E-state index contributed by atoms with van der Waals surface area (Å²) in [5, 5.41) is 8.04. The highest BCUT2D eigenvalue weighted by atomic mass is 15.3. The third kappa shape index (κ3) is 1.86. The fraction of sp³-hybridized carbons (Fsp3) is 0.636. The minimum absolute atomic E-state index is 0.775. The van der Waals surface area contributed by atoms with Crippen LogP contribution < -0.4 is 4.90 Å². The van der Waals surface area contributed by atoms with Crippen molar-refractivity contribution in [2.75, 3.05) is 18.0 Å². The molecule has 3 heteroatoms. The van der Waals surface area contributed by atoms with Crippen molar-refractivity contribution in [1.29, 1.82) is 0 Å². The third-order valence-corrected chi connectivity index (χ3v) is 3.05. The van der Waals surface area contributed by atoms with E-state index in [-0.39, 0.29) is 0 Å². The molecule has 1 atom stereocenters. The lowest BCUT2D eigenvalue weighted by Gasteiger charge is -2.17. The van der Waals surface area contributed by atoms with Crippen LogP contribution in [0.25, 0.3) is 0 Å². The SMILES string of the molecule is CC(C)[C@H]1CCN(c2cccnn2)C1. The average molecular weight is 191 g/mol. The highest BCUT2D eigenvalue weighted by molar-refractivity contribution is 5.37. The summed E-state index contributed by atoms with van der Waals surface area (Å²) >= 11 is 0. The molecule has 1 aromatic heterocycles. The summed E-state index contributed by atoms with van der Waals surface area (Å²) in [7, 11) is 0. The summed E-state index contributed by atoms with van der Waals surface area (Å²) in [4.78, 5) is 2.33. The first-order valence-electron chi connectivity index (χ1n) is 5.30. The van der Waals surface area contributed by atoms with E-state index < -0.39 is 0 Å². The molecule has 76 valence electrons. The number of hydrogen-bond donors (Lipinski definition) is 0. The lowest BCUT2D eigenvalue weighted by molar-refractivity contribution is 0.422. The Labute approximate surface area is 85.1 Å². The molecule has 0 radical (unpaired) electrons. The van der Waals surface area contributed by atoms with Crippen molar-refractivity contribution in [2.45, 2.75) is 20.3 Å². The molecular formula is C11H17N3. The summed E-state index contributed by atoms with van der Waals surface area (Å²) in [6, 6.07) is 3.99. The molecule has 0 unspecified atom stereocenters. The normalized spacial score (nSPS) is 21.9. The Morgan fingerprint density at radius 2 is 2.36 bits per heavy atom. The molecule has 1 saturated heterocycles. The van der Waals surface area contributed by atoms with Gasteiger partial charge < -0.3 is 4.90 Å². The lowest BCUT2D eigenvalue weighted by Crippen LogP contribution is -2.22. The molecule has 3 nitrogen and oxygen atoms in total. The summed E-state index contributed by atoms with van der Waals surface area (Å²) in [5.41, 5.74) is 0. The molecule has 1 aliphatic rings. The zero-order chi connectivity index (χ0) is 9.97. The summed E-state index contributed by atoms with van der Waals surface area (Å²) < 4.78 is 0. The molecule has 1 fully saturated rings. The molecule has 0 amide bonds. The van der Waals surface area contributed by atoms with Gasteiger partial charge in [0.15, 0.2) is 5.82 Å². The van der Waals surface area contributed by atoms with Crippen molar-refractivity contribution in [1.82, 2.24) is 10.2 Å². The maximum atomic E-state index is 4.13. The highest BCUT2D eigenvalue weighted by Gasteiger charge is 2.25. The molecule has 0 N–H and O–H groups in total. The second kappa shape index (κ2) is 3.95. The Bertz CT molecular complexity index is 284. The minimum atomic E-state index is 0.775.